The Balaban J connectivity index is 1.74. The zero-order chi connectivity index (χ0) is 9.52. The van der Waals surface area contributed by atoms with Gasteiger partial charge in [-0.3, -0.25) is 4.90 Å². The van der Waals surface area contributed by atoms with Crippen molar-refractivity contribution in [3.63, 3.8) is 0 Å². The Bertz CT molecular complexity index is 124. The molecule has 0 unspecified atom stereocenters. The average Bonchev–Trinajstić information content (AvgIpc) is 2.07. The molecule has 1 heterocycles. The molecule has 1 N–H and O–H groups in total. The summed E-state index contributed by atoms with van der Waals surface area (Å²) in [6.45, 7) is 6.64. The molecule has 1 fully saturated rings. The van der Waals surface area contributed by atoms with Crippen LogP contribution in [0.2, 0.25) is 0 Å². The minimum absolute atomic E-state index is 0.555. The first kappa shape index (κ1) is 10.9. The molecule has 0 amide bonds. The summed E-state index contributed by atoms with van der Waals surface area (Å²) in [6.07, 6.45) is 3.29. The molecule has 1 saturated heterocycles. The van der Waals surface area contributed by atoms with Crippen LogP contribution < -0.4 is 5.32 Å². The number of nitrogens with one attached hydrogen (secondary N) is 1. The monoisotopic (exact) mass is 188 g/mol. The molecule has 1 aliphatic rings. The molecule has 0 aliphatic carbocycles. The second-order valence-corrected chi connectivity index (χ2v) is 3.81. The predicted molar refractivity (Wildman–Crippen MR) is 53.7 cm³/mol. The third-order valence-electron chi connectivity index (χ3n) is 2.47. The van der Waals surface area contributed by atoms with Crippen LogP contribution in [0, 0.1) is 0 Å². The van der Waals surface area contributed by atoms with E-state index < -0.39 is 6.17 Å². The van der Waals surface area contributed by atoms with Gasteiger partial charge in [0.15, 0.2) is 0 Å². The summed E-state index contributed by atoms with van der Waals surface area (Å²) >= 11 is 0. The van der Waals surface area contributed by atoms with E-state index in [-0.39, 0.29) is 0 Å². The highest BCUT2D eigenvalue weighted by Crippen LogP contribution is 2.09. The molecule has 1 rings (SSSR count). The summed E-state index contributed by atoms with van der Waals surface area (Å²) in [5.41, 5.74) is 0. The molecule has 0 saturated carbocycles. The van der Waals surface area contributed by atoms with Crippen LogP contribution >= 0.6 is 0 Å². The highest BCUT2D eigenvalue weighted by molar-refractivity contribution is 4.79. The van der Waals surface area contributed by atoms with Crippen molar-refractivity contribution in [1.82, 2.24) is 10.2 Å². The Labute approximate surface area is 80.5 Å². The molecule has 0 bridgehead atoms. The Hall–Kier alpha value is -0.150. The van der Waals surface area contributed by atoms with Gasteiger partial charge in [-0.05, 0) is 13.0 Å². The van der Waals surface area contributed by atoms with Gasteiger partial charge < -0.3 is 5.32 Å². The van der Waals surface area contributed by atoms with Crippen molar-refractivity contribution in [1.29, 1.82) is 0 Å². The second kappa shape index (κ2) is 6.33. The van der Waals surface area contributed by atoms with Crippen molar-refractivity contribution in [2.45, 2.75) is 32.4 Å². The Morgan fingerprint density at radius 1 is 1.31 bits per heavy atom. The number of likely N-dealkylation sites (tertiary alicyclic amines) is 1. The van der Waals surface area contributed by atoms with Gasteiger partial charge in [0.2, 0.25) is 0 Å². The highest BCUT2D eigenvalue weighted by atomic mass is 19.1. The lowest BCUT2D eigenvalue weighted by molar-refractivity contribution is 0.0669. The lowest BCUT2D eigenvalue weighted by atomic mass is 10.2. The summed E-state index contributed by atoms with van der Waals surface area (Å²) in [7, 11) is 0. The molecule has 0 aromatic heterocycles. The van der Waals surface area contributed by atoms with Crippen molar-refractivity contribution in [3.8, 4) is 0 Å². The van der Waals surface area contributed by atoms with Crippen molar-refractivity contribution in [2.75, 3.05) is 32.7 Å². The molecule has 1 aliphatic heterocycles. The fourth-order valence-corrected chi connectivity index (χ4v) is 1.55. The van der Waals surface area contributed by atoms with Crippen LogP contribution in [0.15, 0.2) is 0 Å². The number of rotatable bonds is 7. The van der Waals surface area contributed by atoms with Gasteiger partial charge in [-0.2, -0.15) is 0 Å². The fourth-order valence-electron chi connectivity index (χ4n) is 1.55. The maximum absolute atomic E-state index is 12.4. The zero-order valence-corrected chi connectivity index (χ0v) is 8.56. The Morgan fingerprint density at radius 2 is 2.08 bits per heavy atom. The van der Waals surface area contributed by atoms with E-state index in [1.165, 1.54) is 19.3 Å². The molecule has 0 spiro atoms. The van der Waals surface area contributed by atoms with E-state index in [1.54, 1.807) is 0 Å². The van der Waals surface area contributed by atoms with Gasteiger partial charge >= 0.3 is 0 Å². The standard InChI is InChI=1S/C10H21FN2/c1-2-3-4-5-12-6-7-13-8-10(11)9-13/h10,12H,2-9H2,1H3. The van der Waals surface area contributed by atoms with Crippen LogP contribution in [-0.2, 0) is 0 Å². The lowest BCUT2D eigenvalue weighted by Crippen LogP contribution is -2.50. The van der Waals surface area contributed by atoms with Gasteiger partial charge in [-0.15, -0.1) is 0 Å². The Kier molecular flexibility index (Phi) is 5.32. The average molecular weight is 188 g/mol. The van der Waals surface area contributed by atoms with E-state index in [2.05, 4.69) is 17.1 Å². The zero-order valence-electron chi connectivity index (χ0n) is 8.56. The van der Waals surface area contributed by atoms with E-state index in [9.17, 15) is 4.39 Å². The lowest BCUT2D eigenvalue weighted by Gasteiger charge is -2.34. The van der Waals surface area contributed by atoms with Crippen molar-refractivity contribution in [2.24, 2.45) is 0 Å². The van der Waals surface area contributed by atoms with Crippen LogP contribution in [-0.4, -0.2) is 43.8 Å². The summed E-state index contributed by atoms with van der Waals surface area (Å²) in [4.78, 5) is 2.15. The van der Waals surface area contributed by atoms with Gasteiger partial charge in [0.1, 0.15) is 6.17 Å². The number of unbranched alkanes of at least 4 members (excludes halogenated alkanes) is 2. The number of nitrogens with zero attached hydrogens (tertiary/aromatic N) is 1. The van der Waals surface area contributed by atoms with Gasteiger partial charge in [0, 0.05) is 26.2 Å². The van der Waals surface area contributed by atoms with E-state index >= 15 is 0 Å². The van der Waals surface area contributed by atoms with E-state index in [0.29, 0.717) is 13.1 Å². The van der Waals surface area contributed by atoms with E-state index in [4.69, 9.17) is 0 Å². The van der Waals surface area contributed by atoms with E-state index in [0.717, 1.165) is 19.6 Å². The minimum atomic E-state index is -0.555. The predicted octanol–water partition coefficient (Wildman–Crippen LogP) is 1.42. The molecule has 0 radical (unpaired) electrons. The number of hydrogen-bond acceptors (Lipinski definition) is 2. The maximum atomic E-state index is 12.4. The van der Waals surface area contributed by atoms with Gasteiger partial charge in [-0.25, -0.2) is 4.39 Å². The fraction of sp³-hybridized carbons (Fsp3) is 1.00. The van der Waals surface area contributed by atoms with Crippen LogP contribution in [0.5, 0.6) is 0 Å². The molecule has 2 nitrogen and oxygen atoms in total. The number of halogens is 1. The van der Waals surface area contributed by atoms with Crippen LogP contribution in [0.4, 0.5) is 4.39 Å². The van der Waals surface area contributed by atoms with Gasteiger partial charge in [0.05, 0.1) is 0 Å². The maximum Gasteiger partial charge on any atom is 0.125 e. The van der Waals surface area contributed by atoms with Crippen LogP contribution in [0.3, 0.4) is 0 Å². The normalized spacial score (nSPS) is 18.9. The topological polar surface area (TPSA) is 15.3 Å². The first-order valence-corrected chi connectivity index (χ1v) is 5.40. The first-order chi connectivity index (χ1) is 6.33. The second-order valence-electron chi connectivity index (χ2n) is 3.81. The van der Waals surface area contributed by atoms with Crippen molar-refractivity contribution in [3.05, 3.63) is 0 Å². The molecular weight excluding hydrogens is 167 g/mol. The Morgan fingerprint density at radius 3 is 2.69 bits per heavy atom. The van der Waals surface area contributed by atoms with Gasteiger partial charge in [0.25, 0.3) is 0 Å². The number of hydrogen-bond donors (Lipinski definition) is 1. The third-order valence-corrected chi connectivity index (χ3v) is 2.47. The summed E-state index contributed by atoms with van der Waals surface area (Å²) in [5, 5.41) is 3.37. The highest BCUT2D eigenvalue weighted by Gasteiger charge is 2.24. The largest absolute Gasteiger partial charge is 0.315 e. The molecule has 3 heteroatoms. The molecular formula is C10H21FN2. The number of alkyl halides is 1. The van der Waals surface area contributed by atoms with E-state index in [1.807, 2.05) is 0 Å². The minimum Gasteiger partial charge on any atom is -0.315 e. The first-order valence-electron chi connectivity index (χ1n) is 5.40. The summed E-state index contributed by atoms with van der Waals surface area (Å²) in [5.74, 6) is 0. The van der Waals surface area contributed by atoms with Crippen LogP contribution in [0.1, 0.15) is 26.2 Å². The van der Waals surface area contributed by atoms with Crippen molar-refractivity contribution >= 4 is 0 Å². The molecule has 0 aromatic carbocycles. The third kappa shape index (κ3) is 4.58. The SMILES string of the molecule is CCCCCNCCN1CC(F)C1. The van der Waals surface area contributed by atoms with Crippen molar-refractivity contribution < 1.29 is 4.39 Å². The quantitative estimate of drug-likeness (QED) is 0.608. The summed E-state index contributed by atoms with van der Waals surface area (Å²) < 4.78 is 12.4. The van der Waals surface area contributed by atoms with Crippen LogP contribution in [0.25, 0.3) is 0 Å². The smallest absolute Gasteiger partial charge is 0.125 e. The molecule has 13 heavy (non-hydrogen) atoms. The molecule has 78 valence electrons. The van der Waals surface area contributed by atoms with Gasteiger partial charge in [-0.1, -0.05) is 19.8 Å². The summed E-state index contributed by atoms with van der Waals surface area (Å²) in [6, 6.07) is 0. The molecule has 0 atom stereocenters. The molecule has 0 aromatic rings.